The summed E-state index contributed by atoms with van der Waals surface area (Å²) in [6, 6.07) is 6.43. The number of nitrogens with zero attached hydrogens (tertiary/aromatic N) is 1. The molecule has 2 rings (SSSR count). The molecule has 2 aromatic rings. The summed E-state index contributed by atoms with van der Waals surface area (Å²) < 4.78 is 0. The highest BCUT2D eigenvalue weighted by molar-refractivity contribution is 7.80. The molecule has 2 aromatic carbocycles. The number of carboxylic acids is 1. The summed E-state index contributed by atoms with van der Waals surface area (Å²) in [5, 5.41) is 24.9. The Morgan fingerprint density at radius 1 is 1.22 bits per heavy atom. The summed E-state index contributed by atoms with van der Waals surface area (Å²) in [5.41, 5.74) is -0.0901. The van der Waals surface area contributed by atoms with Crippen LogP contribution in [0.3, 0.4) is 0 Å². The minimum Gasteiger partial charge on any atom is -0.478 e. The van der Waals surface area contributed by atoms with Gasteiger partial charge in [0.2, 0.25) is 0 Å². The van der Waals surface area contributed by atoms with E-state index in [1.54, 1.807) is 6.92 Å². The quantitative estimate of drug-likeness (QED) is 0.382. The van der Waals surface area contributed by atoms with Crippen LogP contribution in [0.15, 0.2) is 30.3 Å². The molecule has 0 bridgehead atoms. The highest BCUT2D eigenvalue weighted by Crippen LogP contribution is 2.30. The maximum Gasteiger partial charge on any atom is 0.337 e. The van der Waals surface area contributed by atoms with Gasteiger partial charge in [0.05, 0.1) is 21.2 Å². The molecule has 0 heterocycles. The molecule has 140 valence electrons. The molecule has 0 fully saturated rings. The molecule has 27 heavy (non-hydrogen) atoms. The Morgan fingerprint density at radius 2 is 1.89 bits per heavy atom. The second kappa shape index (κ2) is 8.30. The molecule has 0 aromatic heterocycles. The summed E-state index contributed by atoms with van der Waals surface area (Å²) >= 11 is 16.8. The number of hydrogen-bond acceptors (Lipinski definition) is 5. The zero-order chi connectivity index (χ0) is 20.3. The summed E-state index contributed by atoms with van der Waals surface area (Å²) in [6.07, 6.45) is 0. The molecule has 3 N–H and O–H groups in total. The number of thiocarbonyl (C=S) groups is 1. The van der Waals surface area contributed by atoms with Gasteiger partial charge in [0.25, 0.3) is 11.6 Å². The number of carbonyl (C=O) groups is 2. The molecule has 0 aliphatic carbocycles. The van der Waals surface area contributed by atoms with Gasteiger partial charge in [-0.3, -0.25) is 20.2 Å². The van der Waals surface area contributed by atoms with Crippen molar-refractivity contribution in [2.24, 2.45) is 0 Å². The second-order valence-corrected chi connectivity index (χ2v) is 6.53. The lowest BCUT2D eigenvalue weighted by Gasteiger charge is -2.14. The molecule has 11 heteroatoms. The number of aromatic carboxylic acids is 1. The first-order valence-electron chi connectivity index (χ1n) is 7.20. The fourth-order valence-corrected chi connectivity index (χ4v) is 2.87. The summed E-state index contributed by atoms with van der Waals surface area (Å²) in [4.78, 5) is 34.0. The molecular formula is C16H11Cl2N3O5S. The lowest BCUT2D eigenvalue weighted by Crippen LogP contribution is -2.34. The van der Waals surface area contributed by atoms with Crippen molar-refractivity contribution in [3.05, 3.63) is 67.2 Å². The fraction of sp³-hybridized carbons (Fsp3) is 0.0625. The van der Waals surface area contributed by atoms with Crippen molar-refractivity contribution in [3.8, 4) is 0 Å². The van der Waals surface area contributed by atoms with Crippen LogP contribution in [0, 0.1) is 17.0 Å². The molecule has 0 saturated carbocycles. The number of carboxylic acid groups (broad SMARTS) is 1. The Kier molecular flexibility index (Phi) is 6.32. The number of nitrogens with one attached hydrogen (secondary N) is 2. The third-order valence-electron chi connectivity index (χ3n) is 3.42. The number of halogens is 2. The SMILES string of the molecule is Cc1ccc(C(=O)NC(=S)Nc2c(Cl)cc(Cl)cc2C(=O)O)cc1[N+](=O)[O-]. The van der Waals surface area contributed by atoms with Crippen molar-refractivity contribution in [1.82, 2.24) is 5.32 Å². The van der Waals surface area contributed by atoms with E-state index in [0.717, 1.165) is 6.07 Å². The molecule has 0 aliphatic rings. The first kappa shape index (κ1) is 20.6. The van der Waals surface area contributed by atoms with E-state index in [1.807, 2.05) is 0 Å². The lowest BCUT2D eigenvalue weighted by atomic mass is 10.1. The Labute approximate surface area is 168 Å². The van der Waals surface area contributed by atoms with E-state index in [-0.39, 0.29) is 37.7 Å². The molecule has 0 saturated heterocycles. The summed E-state index contributed by atoms with van der Waals surface area (Å²) in [6.45, 7) is 1.54. The van der Waals surface area contributed by atoms with Crippen molar-refractivity contribution in [2.45, 2.75) is 6.92 Å². The molecular weight excluding hydrogens is 417 g/mol. The van der Waals surface area contributed by atoms with Crippen LogP contribution in [0.2, 0.25) is 10.0 Å². The number of benzene rings is 2. The number of nitro groups is 1. The number of carbonyl (C=O) groups excluding carboxylic acids is 1. The monoisotopic (exact) mass is 427 g/mol. The Hall–Kier alpha value is -2.75. The number of nitro benzene ring substituents is 1. The highest BCUT2D eigenvalue weighted by atomic mass is 35.5. The van der Waals surface area contributed by atoms with Crippen LogP contribution in [0.5, 0.6) is 0 Å². The van der Waals surface area contributed by atoms with Gasteiger partial charge in [-0.2, -0.15) is 0 Å². The number of aryl methyl sites for hydroxylation is 1. The maximum atomic E-state index is 12.3. The largest absolute Gasteiger partial charge is 0.478 e. The van der Waals surface area contributed by atoms with Gasteiger partial charge in [0.15, 0.2) is 5.11 Å². The standard InChI is InChI=1S/C16H11Cl2N3O5S/c1-7-2-3-8(4-12(7)21(25)26)14(22)20-16(27)19-13-10(15(23)24)5-9(17)6-11(13)18/h2-6H,1H3,(H,23,24)(H2,19,20,22,27). The van der Waals surface area contributed by atoms with Gasteiger partial charge in [-0.1, -0.05) is 29.3 Å². The van der Waals surface area contributed by atoms with Gasteiger partial charge in [-0.15, -0.1) is 0 Å². The lowest BCUT2D eigenvalue weighted by molar-refractivity contribution is -0.385. The molecule has 0 unspecified atom stereocenters. The van der Waals surface area contributed by atoms with Crippen LogP contribution in [0.4, 0.5) is 11.4 Å². The molecule has 1 amide bonds. The van der Waals surface area contributed by atoms with Crippen LogP contribution in [-0.4, -0.2) is 27.0 Å². The number of hydrogen-bond donors (Lipinski definition) is 3. The zero-order valence-corrected chi connectivity index (χ0v) is 15.9. The van der Waals surface area contributed by atoms with E-state index in [1.165, 1.54) is 24.3 Å². The highest BCUT2D eigenvalue weighted by Gasteiger charge is 2.19. The summed E-state index contributed by atoms with van der Waals surface area (Å²) in [7, 11) is 0. The molecule has 0 aliphatic heterocycles. The molecule has 0 spiro atoms. The average molecular weight is 428 g/mol. The smallest absolute Gasteiger partial charge is 0.337 e. The number of anilines is 1. The topological polar surface area (TPSA) is 122 Å². The number of amides is 1. The predicted molar refractivity (Wildman–Crippen MR) is 105 cm³/mol. The van der Waals surface area contributed by atoms with Crippen molar-refractivity contribution in [2.75, 3.05) is 5.32 Å². The van der Waals surface area contributed by atoms with Crippen molar-refractivity contribution >= 4 is 63.8 Å². The molecule has 0 atom stereocenters. The maximum absolute atomic E-state index is 12.3. The van der Waals surface area contributed by atoms with Crippen molar-refractivity contribution < 1.29 is 19.6 Å². The Balaban J connectivity index is 2.22. The van der Waals surface area contributed by atoms with Gasteiger partial charge in [0, 0.05) is 22.2 Å². The van der Waals surface area contributed by atoms with Gasteiger partial charge in [0.1, 0.15) is 0 Å². The van der Waals surface area contributed by atoms with Crippen LogP contribution in [0.1, 0.15) is 26.3 Å². The normalized spacial score (nSPS) is 10.2. The van der Waals surface area contributed by atoms with E-state index >= 15 is 0 Å². The van der Waals surface area contributed by atoms with E-state index in [9.17, 15) is 24.8 Å². The average Bonchev–Trinajstić information content (AvgIpc) is 2.56. The van der Waals surface area contributed by atoms with E-state index < -0.39 is 16.8 Å². The third kappa shape index (κ3) is 4.91. The van der Waals surface area contributed by atoms with E-state index in [2.05, 4.69) is 10.6 Å². The van der Waals surface area contributed by atoms with Crippen LogP contribution in [0.25, 0.3) is 0 Å². The first-order valence-corrected chi connectivity index (χ1v) is 8.36. The first-order chi connectivity index (χ1) is 12.6. The molecule has 0 radical (unpaired) electrons. The predicted octanol–water partition coefficient (Wildman–Crippen LogP) is 4.04. The Bertz CT molecular complexity index is 981. The minimum atomic E-state index is -1.30. The zero-order valence-electron chi connectivity index (χ0n) is 13.6. The van der Waals surface area contributed by atoms with Gasteiger partial charge < -0.3 is 10.4 Å². The second-order valence-electron chi connectivity index (χ2n) is 5.28. The van der Waals surface area contributed by atoms with Crippen LogP contribution in [-0.2, 0) is 0 Å². The Morgan fingerprint density at radius 3 is 2.48 bits per heavy atom. The molecule has 8 nitrogen and oxygen atoms in total. The van der Waals surface area contributed by atoms with Crippen molar-refractivity contribution in [1.29, 1.82) is 0 Å². The van der Waals surface area contributed by atoms with Gasteiger partial charge in [-0.05, 0) is 37.3 Å². The van der Waals surface area contributed by atoms with Crippen LogP contribution >= 0.6 is 35.4 Å². The number of rotatable bonds is 4. The minimum absolute atomic E-state index is 0.0112. The summed E-state index contributed by atoms with van der Waals surface area (Å²) in [5.74, 6) is -2.01. The van der Waals surface area contributed by atoms with Crippen LogP contribution < -0.4 is 10.6 Å². The van der Waals surface area contributed by atoms with E-state index in [4.69, 9.17) is 35.4 Å². The van der Waals surface area contributed by atoms with Gasteiger partial charge >= 0.3 is 5.97 Å². The third-order valence-corrected chi connectivity index (χ3v) is 4.14. The van der Waals surface area contributed by atoms with Crippen molar-refractivity contribution in [3.63, 3.8) is 0 Å². The van der Waals surface area contributed by atoms with E-state index in [0.29, 0.717) is 5.56 Å². The van der Waals surface area contributed by atoms with Gasteiger partial charge in [-0.25, -0.2) is 4.79 Å². The fourth-order valence-electron chi connectivity index (χ4n) is 2.14.